The van der Waals surface area contributed by atoms with Crippen LogP contribution in [0.1, 0.15) is 11.3 Å². The van der Waals surface area contributed by atoms with Crippen molar-refractivity contribution < 1.29 is 0 Å². The number of pyridine rings is 1. The van der Waals surface area contributed by atoms with E-state index in [0.29, 0.717) is 0 Å². The third-order valence-corrected chi connectivity index (χ3v) is 3.31. The van der Waals surface area contributed by atoms with Crippen LogP contribution in [0.15, 0.2) is 53.1 Å². The lowest BCUT2D eigenvalue weighted by atomic mass is 10.1. The highest BCUT2D eigenvalue weighted by atomic mass is 79.9. The number of aromatic nitrogens is 1. The fourth-order valence-electron chi connectivity index (χ4n) is 1.82. The molecule has 2 nitrogen and oxygen atoms in total. The number of nitrogens with zero attached hydrogens (tertiary/aromatic N) is 2. The monoisotopic (exact) mass is 304 g/mol. The zero-order valence-corrected chi connectivity index (χ0v) is 12.1. The van der Waals surface area contributed by atoms with Crippen LogP contribution in [0.3, 0.4) is 0 Å². The molecule has 2 aromatic rings. The van der Waals surface area contributed by atoms with Crippen molar-refractivity contribution in [2.24, 2.45) is 0 Å². The first-order valence-corrected chi connectivity index (χ1v) is 6.86. The first-order valence-electron chi connectivity index (χ1n) is 6.07. The number of likely N-dealkylation sites (N-methyl/N-ethyl adjacent to an activating group) is 1. The SMILES string of the molecule is CN(CCc1ccccc1)Cc1ccc(Br)cn1. The van der Waals surface area contributed by atoms with Crippen molar-refractivity contribution in [2.75, 3.05) is 13.6 Å². The molecule has 0 N–H and O–H groups in total. The number of halogens is 1. The summed E-state index contributed by atoms with van der Waals surface area (Å²) in [6.07, 6.45) is 2.92. The predicted molar refractivity (Wildman–Crippen MR) is 78.4 cm³/mol. The van der Waals surface area contributed by atoms with Crippen molar-refractivity contribution >= 4 is 15.9 Å². The topological polar surface area (TPSA) is 16.1 Å². The highest BCUT2D eigenvalue weighted by Crippen LogP contribution is 2.09. The van der Waals surface area contributed by atoms with Gasteiger partial charge in [0.2, 0.25) is 0 Å². The molecule has 0 aliphatic carbocycles. The molecule has 0 amide bonds. The predicted octanol–water partition coefficient (Wildman–Crippen LogP) is 3.52. The van der Waals surface area contributed by atoms with Gasteiger partial charge in [-0.3, -0.25) is 4.98 Å². The highest BCUT2D eigenvalue weighted by Gasteiger charge is 2.02. The van der Waals surface area contributed by atoms with Gasteiger partial charge in [-0.1, -0.05) is 30.3 Å². The quantitative estimate of drug-likeness (QED) is 0.840. The summed E-state index contributed by atoms with van der Waals surface area (Å²) in [7, 11) is 2.13. The number of benzene rings is 1. The Bertz CT molecular complexity index is 468. The van der Waals surface area contributed by atoms with Crippen molar-refractivity contribution in [3.8, 4) is 0 Å². The van der Waals surface area contributed by atoms with Gasteiger partial charge in [-0.2, -0.15) is 0 Å². The molecule has 3 heteroatoms. The Balaban J connectivity index is 1.82. The number of hydrogen-bond acceptors (Lipinski definition) is 2. The van der Waals surface area contributed by atoms with E-state index in [1.54, 1.807) is 0 Å². The van der Waals surface area contributed by atoms with E-state index in [1.807, 2.05) is 12.3 Å². The maximum atomic E-state index is 4.38. The first-order chi connectivity index (χ1) is 8.74. The summed E-state index contributed by atoms with van der Waals surface area (Å²) < 4.78 is 1.03. The summed E-state index contributed by atoms with van der Waals surface area (Å²) >= 11 is 3.40. The zero-order valence-electron chi connectivity index (χ0n) is 10.5. The minimum absolute atomic E-state index is 0.889. The zero-order chi connectivity index (χ0) is 12.8. The largest absolute Gasteiger partial charge is 0.300 e. The minimum Gasteiger partial charge on any atom is -0.300 e. The Morgan fingerprint density at radius 2 is 1.89 bits per heavy atom. The Morgan fingerprint density at radius 3 is 2.56 bits per heavy atom. The van der Waals surface area contributed by atoms with Crippen LogP contribution in [0.4, 0.5) is 0 Å². The van der Waals surface area contributed by atoms with Gasteiger partial charge in [0, 0.05) is 23.8 Å². The first kappa shape index (κ1) is 13.2. The highest BCUT2D eigenvalue weighted by molar-refractivity contribution is 9.10. The lowest BCUT2D eigenvalue weighted by molar-refractivity contribution is 0.327. The van der Waals surface area contributed by atoms with Gasteiger partial charge in [0.25, 0.3) is 0 Å². The Hall–Kier alpha value is -1.19. The van der Waals surface area contributed by atoms with Gasteiger partial charge in [-0.05, 0) is 47.1 Å². The van der Waals surface area contributed by atoms with Gasteiger partial charge in [0.15, 0.2) is 0 Å². The van der Waals surface area contributed by atoms with Crippen LogP contribution in [-0.4, -0.2) is 23.5 Å². The Morgan fingerprint density at radius 1 is 1.11 bits per heavy atom. The lowest BCUT2D eigenvalue weighted by Crippen LogP contribution is -2.21. The average Bonchev–Trinajstić information content (AvgIpc) is 2.40. The lowest BCUT2D eigenvalue weighted by Gasteiger charge is -2.16. The van der Waals surface area contributed by atoms with Crippen molar-refractivity contribution in [1.82, 2.24) is 9.88 Å². The van der Waals surface area contributed by atoms with E-state index in [0.717, 1.165) is 29.7 Å². The molecular weight excluding hydrogens is 288 g/mol. The molecule has 2 rings (SSSR count). The third kappa shape index (κ3) is 4.24. The van der Waals surface area contributed by atoms with Crippen LogP contribution in [0.5, 0.6) is 0 Å². The minimum atomic E-state index is 0.889. The second-order valence-electron chi connectivity index (χ2n) is 4.44. The summed E-state index contributed by atoms with van der Waals surface area (Å²) in [5.74, 6) is 0. The van der Waals surface area contributed by atoms with Crippen LogP contribution in [0.2, 0.25) is 0 Å². The van der Waals surface area contributed by atoms with Gasteiger partial charge in [0.05, 0.1) is 5.69 Å². The average molecular weight is 305 g/mol. The van der Waals surface area contributed by atoms with Crippen LogP contribution < -0.4 is 0 Å². The molecule has 1 aromatic carbocycles. The molecule has 0 bridgehead atoms. The normalized spacial score (nSPS) is 10.8. The van der Waals surface area contributed by atoms with Crippen molar-refractivity contribution in [3.63, 3.8) is 0 Å². The fourth-order valence-corrected chi connectivity index (χ4v) is 2.05. The molecule has 0 radical (unpaired) electrons. The molecule has 0 saturated heterocycles. The molecule has 1 heterocycles. The van der Waals surface area contributed by atoms with Gasteiger partial charge >= 0.3 is 0 Å². The van der Waals surface area contributed by atoms with Crippen molar-refractivity contribution in [1.29, 1.82) is 0 Å². The molecule has 0 fully saturated rings. The molecule has 0 unspecified atom stereocenters. The summed E-state index contributed by atoms with van der Waals surface area (Å²) in [5, 5.41) is 0. The van der Waals surface area contributed by atoms with Crippen LogP contribution in [-0.2, 0) is 13.0 Å². The van der Waals surface area contributed by atoms with E-state index in [9.17, 15) is 0 Å². The molecule has 0 spiro atoms. The summed E-state index contributed by atoms with van der Waals surface area (Å²) in [6.45, 7) is 1.93. The van der Waals surface area contributed by atoms with E-state index in [2.05, 4.69) is 69.3 Å². The molecular formula is C15H17BrN2. The third-order valence-electron chi connectivity index (χ3n) is 2.85. The Kier molecular flexibility index (Phi) is 4.90. The molecule has 0 aliphatic heterocycles. The van der Waals surface area contributed by atoms with E-state index in [4.69, 9.17) is 0 Å². The molecule has 0 aliphatic rings. The molecule has 18 heavy (non-hydrogen) atoms. The van der Waals surface area contributed by atoms with Crippen molar-refractivity contribution in [3.05, 3.63) is 64.4 Å². The standard InChI is InChI=1S/C15H17BrN2/c1-18(10-9-13-5-3-2-4-6-13)12-15-8-7-14(16)11-17-15/h2-8,11H,9-10,12H2,1H3. The molecule has 1 aromatic heterocycles. The van der Waals surface area contributed by atoms with E-state index in [-0.39, 0.29) is 0 Å². The molecule has 0 atom stereocenters. The maximum absolute atomic E-state index is 4.38. The second kappa shape index (κ2) is 6.66. The summed E-state index contributed by atoms with van der Waals surface area (Å²) in [6, 6.07) is 14.7. The van der Waals surface area contributed by atoms with E-state index < -0.39 is 0 Å². The molecule has 94 valence electrons. The van der Waals surface area contributed by atoms with E-state index >= 15 is 0 Å². The van der Waals surface area contributed by atoms with Crippen LogP contribution in [0.25, 0.3) is 0 Å². The van der Waals surface area contributed by atoms with Gasteiger partial charge < -0.3 is 4.90 Å². The fraction of sp³-hybridized carbons (Fsp3) is 0.267. The maximum Gasteiger partial charge on any atom is 0.0544 e. The van der Waals surface area contributed by atoms with Gasteiger partial charge in [-0.25, -0.2) is 0 Å². The van der Waals surface area contributed by atoms with Gasteiger partial charge in [0.1, 0.15) is 0 Å². The Labute approximate surface area is 117 Å². The summed E-state index contributed by atoms with van der Waals surface area (Å²) in [4.78, 5) is 6.68. The van der Waals surface area contributed by atoms with Crippen LogP contribution >= 0.6 is 15.9 Å². The van der Waals surface area contributed by atoms with E-state index in [1.165, 1.54) is 5.56 Å². The number of rotatable bonds is 5. The van der Waals surface area contributed by atoms with Gasteiger partial charge in [-0.15, -0.1) is 0 Å². The number of hydrogen-bond donors (Lipinski definition) is 0. The van der Waals surface area contributed by atoms with Crippen LogP contribution in [0, 0.1) is 0 Å². The smallest absolute Gasteiger partial charge is 0.0544 e. The van der Waals surface area contributed by atoms with Crippen molar-refractivity contribution in [2.45, 2.75) is 13.0 Å². The molecule has 0 saturated carbocycles. The second-order valence-corrected chi connectivity index (χ2v) is 5.36. The summed E-state index contributed by atoms with van der Waals surface area (Å²) in [5.41, 5.74) is 2.49.